The van der Waals surface area contributed by atoms with Gasteiger partial charge in [-0.05, 0) is 100 Å². The van der Waals surface area contributed by atoms with Crippen LogP contribution in [-0.4, -0.2) is 136 Å². The second-order valence-corrected chi connectivity index (χ2v) is 21.1. The Balaban J connectivity index is 0.944. The maximum atomic E-state index is 14.2. The number of methoxy groups -OCH3 is 2. The summed E-state index contributed by atoms with van der Waals surface area (Å²) >= 11 is 0. The molecule has 2 saturated heterocycles. The van der Waals surface area contributed by atoms with E-state index in [1.807, 2.05) is 24.8 Å². The van der Waals surface area contributed by atoms with Crippen molar-refractivity contribution in [3.8, 4) is 23.0 Å². The predicted octanol–water partition coefficient (Wildman–Crippen LogP) is 6.55. The van der Waals surface area contributed by atoms with Crippen LogP contribution >= 0.6 is 0 Å². The van der Waals surface area contributed by atoms with E-state index in [9.17, 15) is 33.6 Å². The van der Waals surface area contributed by atoms with Gasteiger partial charge in [-0.15, -0.1) is 0 Å². The molecule has 7 rings (SSSR count). The van der Waals surface area contributed by atoms with Crippen molar-refractivity contribution in [1.29, 1.82) is 0 Å². The molecule has 0 aromatic heterocycles. The summed E-state index contributed by atoms with van der Waals surface area (Å²) in [7, 11) is 3.05. The minimum Gasteiger partial charge on any atom is -0.493 e. The average molecular weight is 1110 g/mol. The van der Waals surface area contributed by atoms with Crippen molar-refractivity contribution < 1.29 is 57.2 Å². The predicted molar refractivity (Wildman–Crippen MR) is 302 cm³/mol. The number of carbonyl (C=O) groups is 7. The van der Waals surface area contributed by atoms with E-state index in [-0.39, 0.29) is 73.1 Å². The van der Waals surface area contributed by atoms with E-state index in [0.717, 1.165) is 24.0 Å². The number of urea groups is 1. The number of ketones is 1. The van der Waals surface area contributed by atoms with Crippen LogP contribution in [-0.2, 0) is 25.7 Å². The molecule has 4 aliphatic rings. The van der Waals surface area contributed by atoms with Crippen molar-refractivity contribution in [3.63, 3.8) is 0 Å². The first-order valence-corrected chi connectivity index (χ1v) is 27.5. The van der Waals surface area contributed by atoms with Gasteiger partial charge in [0.2, 0.25) is 11.8 Å². The van der Waals surface area contributed by atoms with Gasteiger partial charge in [-0.2, -0.15) is 0 Å². The molecule has 2 fully saturated rings. The molecular formula is C58H78N10O12. The zero-order chi connectivity index (χ0) is 57.5. The first-order chi connectivity index (χ1) is 38.4. The number of hydrogen-bond donors (Lipinski definition) is 7. The number of ether oxygens (including phenoxy) is 5. The number of amides is 7. The Hall–Kier alpha value is -8.01. The maximum absolute atomic E-state index is 14.2. The number of fused-ring (bicyclic) bond motifs is 4. The number of nitrogens with two attached hydrogens (primary N) is 1. The van der Waals surface area contributed by atoms with E-state index in [0.29, 0.717) is 136 Å². The molecule has 3 aromatic rings. The van der Waals surface area contributed by atoms with Gasteiger partial charge in [-0.25, -0.2) is 15.0 Å². The number of carbonyl (C=O) groups excluding carboxylic acids is 7. The van der Waals surface area contributed by atoms with Crippen LogP contribution in [0.25, 0.3) is 0 Å². The number of primary amides is 1. The Morgan fingerprint density at radius 2 is 1.40 bits per heavy atom. The molecule has 0 saturated carbocycles. The van der Waals surface area contributed by atoms with Crippen LogP contribution in [0.3, 0.4) is 0 Å². The van der Waals surface area contributed by atoms with E-state index >= 15 is 0 Å². The molecule has 3 aromatic carbocycles. The summed E-state index contributed by atoms with van der Waals surface area (Å²) in [5.41, 5.74) is 16.6. The third kappa shape index (κ3) is 15.8. The normalized spacial score (nSPS) is 17.1. The van der Waals surface area contributed by atoms with E-state index in [4.69, 9.17) is 29.4 Å². The van der Waals surface area contributed by atoms with Crippen molar-refractivity contribution in [2.75, 3.05) is 75.8 Å². The standard InChI is InChI=1S/C58H78N10O12/c1-35(2)53(63-52(70)16-13-14-38(5)69)54(71)62-51(15-9-10-21-60-57(59)74)65-64-40-19-17-39(18-20-40)34-80-58(75)68-33-42-25-37(4)32-67(42)56(73)44-27-48(77-7)50(29-46(44)68)79-23-12-8-11-22-78-49-28-45-43(26-47(49)76-6)55(72)66-31-36(3)24-41(66)30-61-45/h17-20,26-29,35,41-42,51,53,61,64-65H,3-4,8-16,21-25,30-34H2,1-2,5-7H3,(H,62,71)(H,63,70)(H3,59,60,74)/t41?,42?,51?,53-/m0/s1. The summed E-state index contributed by atoms with van der Waals surface area (Å²) in [6, 6.07) is 12.3. The number of unbranched alkanes of at least 4 members (excludes halogenated alkanes) is 3. The summed E-state index contributed by atoms with van der Waals surface area (Å²) in [6.45, 7) is 16.0. The fraction of sp³-hybridized carbons (Fsp3) is 0.500. The molecule has 4 atom stereocenters. The lowest BCUT2D eigenvalue weighted by Crippen LogP contribution is -2.56. The molecule has 22 nitrogen and oxygen atoms in total. The van der Waals surface area contributed by atoms with E-state index in [1.165, 1.54) is 18.9 Å². The van der Waals surface area contributed by atoms with Gasteiger partial charge in [0.05, 0.1) is 74.7 Å². The molecular weight excluding hydrogens is 1030 g/mol. The molecule has 0 bridgehead atoms. The number of nitrogens with zero attached hydrogens (tertiary/aromatic N) is 3. The third-order valence-electron chi connectivity index (χ3n) is 14.5. The van der Waals surface area contributed by atoms with Gasteiger partial charge >= 0.3 is 12.1 Å². The second kappa shape index (κ2) is 28.2. The van der Waals surface area contributed by atoms with E-state index in [1.54, 1.807) is 54.5 Å². The lowest BCUT2D eigenvalue weighted by atomic mass is 10.0. The lowest BCUT2D eigenvalue weighted by Gasteiger charge is -2.27. The average Bonchev–Trinajstić information content (AvgIpc) is 4.08. The van der Waals surface area contributed by atoms with Crippen LogP contribution in [0.4, 0.5) is 26.7 Å². The first kappa shape index (κ1) is 59.6. The van der Waals surface area contributed by atoms with Crippen LogP contribution in [0.1, 0.15) is 118 Å². The summed E-state index contributed by atoms with van der Waals surface area (Å²) < 4.78 is 29.8. The van der Waals surface area contributed by atoms with Crippen LogP contribution in [0.2, 0.25) is 0 Å². The smallest absolute Gasteiger partial charge is 0.414 e. The van der Waals surface area contributed by atoms with Crippen molar-refractivity contribution in [1.82, 2.24) is 31.2 Å². The molecule has 7 amide bonds. The summed E-state index contributed by atoms with van der Waals surface area (Å²) in [5.74, 6) is 0.460. The molecule has 0 spiro atoms. The fourth-order valence-corrected chi connectivity index (χ4v) is 10.2. The molecule has 432 valence electrons. The Morgan fingerprint density at radius 1 is 0.762 bits per heavy atom. The number of Topliss-reactive ketones (excluding diaryl/α,β-unsaturated/α-hetero) is 1. The van der Waals surface area contributed by atoms with Gasteiger partial charge in [0.25, 0.3) is 11.8 Å². The van der Waals surface area contributed by atoms with Crippen LogP contribution < -0.4 is 61.7 Å². The molecule has 8 N–H and O–H groups in total. The highest BCUT2D eigenvalue weighted by Gasteiger charge is 2.41. The highest BCUT2D eigenvalue weighted by atomic mass is 16.6. The van der Waals surface area contributed by atoms with Gasteiger partial charge in [-0.1, -0.05) is 50.3 Å². The van der Waals surface area contributed by atoms with Gasteiger partial charge in [0.1, 0.15) is 18.4 Å². The van der Waals surface area contributed by atoms with Gasteiger partial charge in [0, 0.05) is 56.8 Å². The maximum Gasteiger partial charge on any atom is 0.414 e. The number of rotatable bonds is 28. The first-order valence-electron chi connectivity index (χ1n) is 27.5. The zero-order valence-corrected chi connectivity index (χ0v) is 46.7. The zero-order valence-electron chi connectivity index (χ0n) is 46.7. The minimum atomic E-state index is -0.826. The molecule has 0 aliphatic carbocycles. The van der Waals surface area contributed by atoms with Gasteiger partial charge < -0.3 is 70.7 Å². The Labute approximate surface area is 467 Å². The van der Waals surface area contributed by atoms with Crippen molar-refractivity contribution in [2.24, 2.45) is 11.7 Å². The molecule has 22 heteroatoms. The van der Waals surface area contributed by atoms with Gasteiger partial charge in [-0.3, -0.25) is 24.1 Å². The minimum absolute atomic E-state index is 0.0110. The van der Waals surface area contributed by atoms with Gasteiger partial charge in [0.15, 0.2) is 23.0 Å². The van der Waals surface area contributed by atoms with Crippen LogP contribution in [0.5, 0.6) is 23.0 Å². The summed E-state index contributed by atoms with van der Waals surface area (Å²) in [6.07, 6.45) is 4.60. The Morgan fingerprint density at radius 3 is 2.05 bits per heavy atom. The molecule has 80 heavy (non-hydrogen) atoms. The topological polar surface area (TPSA) is 274 Å². The largest absolute Gasteiger partial charge is 0.493 e. The number of hydrazine groups is 1. The quantitative estimate of drug-likeness (QED) is 0.0176. The van der Waals surface area contributed by atoms with Crippen LogP contribution in [0.15, 0.2) is 72.8 Å². The van der Waals surface area contributed by atoms with Crippen LogP contribution in [0, 0.1) is 5.92 Å². The molecule has 3 unspecified atom stereocenters. The summed E-state index contributed by atoms with van der Waals surface area (Å²) in [4.78, 5) is 95.7. The summed E-state index contributed by atoms with van der Waals surface area (Å²) in [5, 5.41) is 11.8. The van der Waals surface area contributed by atoms with E-state index in [2.05, 4.69) is 45.3 Å². The monoisotopic (exact) mass is 1110 g/mol. The number of anilines is 3. The number of hydrogen-bond acceptors (Lipinski definition) is 15. The molecule has 0 radical (unpaired) electrons. The number of benzene rings is 3. The number of nitrogens with one attached hydrogen (secondary N) is 6. The van der Waals surface area contributed by atoms with Crippen molar-refractivity contribution in [3.05, 3.63) is 89.5 Å². The highest BCUT2D eigenvalue weighted by molar-refractivity contribution is 6.06. The highest BCUT2D eigenvalue weighted by Crippen LogP contribution is 2.41. The fourth-order valence-electron chi connectivity index (χ4n) is 10.2. The Bertz CT molecular complexity index is 2770. The van der Waals surface area contributed by atoms with Crippen molar-refractivity contribution >= 4 is 58.6 Å². The molecule has 4 aliphatic heterocycles. The SMILES string of the molecule is C=C1CC2CNc3cc(OCCCCCOc4cc5c(cc4OC)C(=O)N4CC(=C)CC4CN5C(=O)OCc4ccc(NNC(CCCCNC(N)=O)NC(=O)[C@@H](NC(=O)CCCC(C)=O)C(C)C)cc4)c(OC)cc3C(=O)N2C1. The lowest BCUT2D eigenvalue weighted by molar-refractivity contribution is -0.130. The second-order valence-electron chi connectivity index (χ2n) is 21.1. The van der Waals surface area contributed by atoms with Crippen molar-refractivity contribution in [2.45, 2.75) is 122 Å². The molecule has 4 heterocycles. The van der Waals surface area contributed by atoms with E-state index < -0.39 is 30.2 Å². The Kier molecular flexibility index (Phi) is 21.0. The third-order valence-corrected chi connectivity index (χ3v) is 14.5.